The Kier molecular flexibility index (Phi) is 2.75. The van der Waals surface area contributed by atoms with Gasteiger partial charge in [0, 0.05) is 16.8 Å². The number of rotatable bonds is 2. The first-order valence-electron chi connectivity index (χ1n) is 3.35. The fourth-order valence-electron chi connectivity index (χ4n) is 0.741. The fourth-order valence-corrected chi connectivity index (χ4v) is 1.10. The second-order valence-corrected chi connectivity index (χ2v) is 2.92. The van der Waals surface area contributed by atoms with Crippen molar-refractivity contribution in [3.8, 4) is 0 Å². The maximum atomic E-state index is 4.25. The molecule has 1 rings (SSSR count). The Hall–Kier alpha value is -0.500. The lowest BCUT2D eigenvalue weighted by Crippen LogP contribution is -1.84. The highest BCUT2D eigenvalue weighted by atomic mass is 32.2. The van der Waals surface area contributed by atoms with Crippen molar-refractivity contribution >= 4 is 11.8 Å². The lowest BCUT2D eigenvalue weighted by molar-refractivity contribution is 1.02. The van der Waals surface area contributed by atoms with Gasteiger partial charge in [0.2, 0.25) is 0 Å². The van der Waals surface area contributed by atoms with Crippen molar-refractivity contribution in [2.24, 2.45) is 0 Å². The Labute approximate surface area is 65.9 Å². The van der Waals surface area contributed by atoms with E-state index in [1.165, 1.54) is 4.90 Å². The Bertz CT molecular complexity index is 170. The van der Waals surface area contributed by atoms with E-state index in [9.17, 15) is 0 Å². The highest BCUT2D eigenvalue weighted by molar-refractivity contribution is 7.98. The molecule has 1 nitrogen and oxygen atoms in total. The second-order valence-electron chi connectivity index (χ2n) is 2.04. The van der Waals surface area contributed by atoms with Gasteiger partial charge in [-0.1, -0.05) is 6.92 Å². The van der Waals surface area contributed by atoms with Gasteiger partial charge in [0.1, 0.15) is 0 Å². The van der Waals surface area contributed by atoms with E-state index < -0.39 is 0 Å². The van der Waals surface area contributed by atoms with Crippen LogP contribution in [-0.4, -0.2) is 11.2 Å². The smallest absolute Gasteiger partial charge is 0.0407 e. The maximum absolute atomic E-state index is 4.25. The summed E-state index contributed by atoms with van der Waals surface area (Å²) in [6.45, 7) is 2.11. The van der Waals surface area contributed by atoms with E-state index in [0.29, 0.717) is 0 Å². The highest BCUT2D eigenvalue weighted by Gasteiger charge is 1.90. The third-order valence-corrected chi connectivity index (χ3v) is 2.11. The number of nitrogens with zero attached hydrogens (tertiary/aromatic N) is 1. The number of hydrogen-bond donors (Lipinski definition) is 0. The van der Waals surface area contributed by atoms with Crippen LogP contribution in [0, 0.1) is 0 Å². The van der Waals surface area contributed by atoms with Crippen LogP contribution >= 0.6 is 11.8 Å². The topological polar surface area (TPSA) is 12.9 Å². The Morgan fingerprint density at radius 3 is 2.70 bits per heavy atom. The molecule has 0 fully saturated rings. The average Bonchev–Trinajstić information content (AvgIpc) is 2.05. The third-order valence-electron chi connectivity index (χ3n) is 1.40. The van der Waals surface area contributed by atoms with Crippen LogP contribution in [-0.2, 0) is 6.42 Å². The minimum absolute atomic E-state index is 1.02. The molecule has 0 unspecified atom stereocenters. The van der Waals surface area contributed by atoms with E-state index in [4.69, 9.17) is 0 Å². The number of aromatic nitrogens is 1. The van der Waals surface area contributed by atoms with E-state index in [0.717, 1.165) is 12.1 Å². The van der Waals surface area contributed by atoms with Crippen molar-refractivity contribution in [2.45, 2.75) is 18.2 Å². The molecule has 0 bridgehead atoms. The van der Waals surface area contributed by atoms with Gasteiger partial charge in [-0.2, -0.15) is 0 Å². The molecule has 0 atom stereocenters. The lowest BCUT2D eigenvalue weighted by Gasteiger charge is -1.96. The summed E-state index contributed by atoms with van der Waals surface area (Å²) >= 11 is 1.73. The molecule has 1 heterocycles. The van der Waals surface area contributed by atoms with Crippen LogP contribution in [0.15, 0.2) is 23.2 Å². The first-order chi connectivity index (χ1) is 4.86. The van der Waals surface area contributed by atoms with Gasteiger partial charge in [0.25, 0.3) is 0 Å². The lowest BCUT2D eigenvalue weighted by atomic mass is 10.3. The largest absolute Gasteiger partial charge is 0.260 e. The zero-order valence-corrected chi connectivity index (χ0v) is 7.11. The molecule has 0 aliphatic rings. The van der Waals surface area contributed by atoms with E-state index in [-0.39, 0.29) is 0 Å². The van der Waals surface area contributed by atoms with E-state index in [2.05, 4.69) is 30.3 Å². The summed E-state index contributed by atoms with van der Waals surface area (Å²) in [7, 11) is 0. The van der Waals surface area contributed by atoms with Crippen LogP contribution in [0.1, 0.15) is 12.6 Å². The molecule has 0 N–H and O–H groups in total. The standard InChI is InChI=1S/C8H11NS/c1-3-7-4-5-8(10-2)6-9-7/h4-6H,3H2,1-2H3. The van der Waals surface area contributed by atoms with Crippen LogP contribution < -0.4 is 0 Å². The second kappa shape index (κ2) is 3.62. The van der Waals surface area contributed by atoms with Crippen molar-refractivity contribution in [3.05, 3.63) is 24.0 Å². The molecule has 0 saturated heterocycles. The summed E-state index contributed by atoms with van der Waals surface area (Å²) < 4.78 is 0. The van der Waals surface area contributed by atoms with Gasteiger partial charge in [-0.25, -0.2) is 0 Å². The van der Waals surface area contributed by atoms with Gasteiger partial charge in [-0.3, -0.25) is 4.98 Å². The fraction of sp³-hybridized carbons (Fsp3) is 0.375. The monoisotopic (exact) mass is 153 g/mol. The Morgan fingerprint density at radius 2 is 2.30 bits per heavy atom. The highest BCUT2D eigenvalue weighted by Crippen LogP contribution is 2.12. The van der Waals surface area contributed by atoms with Crippen LogP contribution in [0.25, 0.3) is 0 Å². The molecular weight excluding hydrogens is 142 g/mol. The van der Waals surface area contributed by atoms with E-state index >= 15 is 0 Å². The van der Waals surface area contributed by atoms with Crippen molar-refractivity contribution in [1.82, 2.24) is 4.98 Å². The molecule has 1 aromatic rings. The number of aryl methyl sites for hydroxylation is 1. The van der Waals surface area contributed by atoms with Crippen LogP contribution in [0.3, 0.4) is 0 Å². The Balaban J connectivity index is 2.80. The number of thioether (sulfide) groups is 1. The summed E-state index contributed by atoms with van der Waals surface area (Å²) in [5, 5.41) is 0. The molecule has 54 valence electrons. The van der Waals surface area contributed by atoms with Gasteiger partial charge in [0.15, 0.2) is 0 Å². The van der Waals surface area contributed by atoms with Gasteiger partial charge in [0.05, 0.1) is 0 Å². The van der Waals surface area contributed by atoms with Crippen molar-refractivity contribution < 1.29 is 0 Å². The normalized spacial score (nSPS) is 9.80. The van der Waals surface area contributed by atoms with Gasteiger partial charge < -0.3 is 0 Å². The SMILES string of the molecule is CCc1ccc(SC)cn1. The summed E-state index contributed by atoms with van der Waals surface area (Å²) in [5.74, 6) is 0. The predicted octanol–water partition coefficient (Wildman–Crippen LogP) is 2.37. The molecule has 0 spiro atoms. The maximum Gasteiger partial charge on any atom is 0.0407 e. The first-order valence-corrected chi connectivity index (χ1v) is 4.58. The zero-order chi connectivity index (χ0) is 7.40. The van der Waals surface area contributed by atoms with Gasteiger partial charge in [-0.05, 0) is 24.8 Å². The number of pyridine rings is 1. The van der Waals surface area contributed by atoms with E-state index in [1.807, 2.05) is 6.20 Å². The molecule has 2 heteroatoms. The van der Waals surface area contributed by atoms with Gasteiger partial charge >= 0.3 is 0 Å². The molecular formula is C8H11NS. The van der Waals surface area contributed by atoms with Crippen LogP contribution in [0.4, 0.5) is 0 Å². The summed E-state index contributed by atoms with van der Waals surface area (Å²) in [4.78, 5) is 5.48. The predicted molar refractivity (Wildman–Crippen MR) is 45.4 cm³/mol. The van der Waals surface area contributed by atoms with Gasteiger partial charge in [-0.15, -0.1) is 11.8 Å². The minimum Gasteiger partial charge on any atom is -0.260 e. The molecule has 0 amide bonds. The third kappa shape index (κ3) is 1.74. The summed E-state index contributed by atoms with van der Waals surface area (Å²) in [6, 6.07) is 4.18. The van der Waals surface area contributed by atoms with Crippen molar-refractivity contribution in [3.63, 3.8) is 0 Å². The summed E-state index contributed by atoms with van der Waals surface area (Å²) in [6.07, 6.45) is 5.00. The minimum atomic E-state index is 1.02. The van der Waals surface area contributed by atoms with Crippen LogP contribution in [0.2, 0.25) is 0 Å². The molecule has 0 aliphatic heterocycles. The first kappa shape index (κ1) is 7.61. The van der Waals surface area contributed by atoms with Crippen LogP contribution in [0.5, 0.6) is 0 Å². The van der Waals surface area contributed by atoms with Crippen molar-refractivity contribution in [2.75, 3.05) is 6.26 Å². The van der Waals surface area contributed by atoms with Crippen molar-refractivity contribution in [1.29, 1.82) is 0 Å². The Morgan fingerprint density at radius 1 is 1.50 bits per heavy atom. The zero-order valence-electron chi connectivity index (χ0n) is 6.29. The molecule has 1 aromatic heterocycles. The molecule has 10 heavy (non-hydrogen) atoms. The number of hydrogen-bond acceptors (Lipinski definition) is 2. The quantitative estimate of drug-likeness (QED) is 0.605. The molecule has 0 radical (unpaired) electrons. The molecule has 0 aromatic carbocycles. The molecule has 0 aliphatic carbocycles. The molecule has 0 saturated carbocycles. The summed E-state index contributed by atoms with van der Waals surface area (Å²) in [5.41, 5.74) is 1.16. The van der Waals surface area contributed by atoms with E-state index in [1.54, 1.807) is 11.8 Å². The average molecular weight is 153 g/mol.